The van der Waals surface area contributed by atoms with E-state index >= 15 is 0 Å². The van der Waals surface area contributed by atoms with Crippen LogP contribution in [0.1, 0.15) is 31.9 Å². The fraction of sp³-hybridized carbons (Fsp3) is 0.385. The van der Waals surface area contributed by atoms with Gasteiger partial charge in [0.1, 0.15) is 12.4 Å². The van der Waals surface area contributed by atoms with Gasteiger partial charge >= 0.3 is 0 Å². The molecule has 1 unspecified atom stereocenters. The molecule has 0 aromatic heterocycles. The summed E-state index contributed by atoms with van der Waals surface area (Å²) in [7, 11) is 0. The highest BCUT2D eigenvalue weighted by Gasteiger charge is 2.08. The van der Waals surface area contributed by atoms with Crippen LogP contribution in [0, 0.1) is 0 Å². The normalized spacial score (nSPS) is 13.0. The van der Waals surface area contributed by atoms with E-state index < -0.39 is 0 Å². The summed E-state index contributed by atoms with van der Waals surface area (Å²) in [5, 5.41) is 0. The Labute approximate surface area is 91.7 Å². The molecular weight excluding hydrogens is 186 g/mol. The number of nitrogens with two attached hydrogens (primary N) is 1. The van der Waals surface area contributed by atoms with Crippen molar-refractivity contribution in [3.63, 3.8) is 0 Å². The Morgan fingerprint density at radius 2 is 2.13 bits per heavy atom. The van der Waals surface area contributed by atoms with E-state index in [1.165, 1.54) is 0 Å². The molecule has 1 aromatic rings. The van der Waals surface area contributed by atoms with Gasteiger partial charge in [0.2, 0.25) is 0 Å². The van der Waals surface area contributed by atoms with Crippen molar-refractivity contribution in [1.82, 2.24) is 0 Å². The number of rotatable bonds is 5. The number of ether oxygens (including phenoxy) is 1. The molecule has 0 spiro atoms. The number of benzene rings is 1. The first-order chi connectivity index (χ1) is 7.29. The Bertz CT molecular complexity index is 320. The van der Waals surface area contributed by atoms with Crippen LogP contribution in [-0.4, -0.2) is 6.61 Å². The van der Waals surface area contributed by atoms with Gasteiger partial charge in [-0.3, -0.25) is 0 Å². The van der Waals surface area contributed by atoms with Gasteiger partial charge in [0.15, 0.2) is 0 Å². The van der Waals surface area contributed by atoms with E-state index in [4.69, 9.17) is 10.5 Å². The lowest BCUT2D eigenvalue weighted by Crippen LogP contribution is -2.10. The zero-order valence-corrected chi connectivity index (χ0v) is 9.44. The molecule has 0 radical (unpaired) electrons. The summed E-state index contributed by atoms with van der Waals surface area (Å²) in [5.74, 6) is 0.893. The van der Waals surface area contributed by atoms with E-state index in [0.717, 1.165) is 17.7 Å². The Hall–Kier alpha value is -1.28. The minimum Gasteiger partial charge on any atom is -0.489 e. The predicted molar refractivity (Wildman–Crippen MR) is 64.0 cm³/mol. The van der Waals surface area contributed by atoms with Gasteiger partial charge in [-0.15, -0.1) is 0 Å². The van der Waals surface area contributed by atoms with E-state index in [-0.39, 0.29) is 6.04 Å². The summed E-state index contributed by atoms with van der Waals surface area (Å²) >= 11 is 0. The summed E-state index contributed by atoms with van der Waals surface area (Å²) in [6, 6.07) is 8.02. The zero-order chi connectivity index (χ0) is 11.1. The zero-order valence-electron chi connectivity index (χ0n) is 9.44. The van der Waals surface area contributed by atoms with Gasteiger partial charge in [0.05, 0.1) is 0 Å². The second-order valence-corrected chi connectivity index (χ2v) is 3.43. The van der Waals surface area contributed by atoms with Gasteiger partial charge in [-0.2, -0.15) is 0 Å². The first-order valence-corrected chi connectivity index (χ1v) is 5.38. The first kappa shape index (κ1) is 11.8. The Morgan fingerprint density at radius 1 is 1.40 bits per heavy atom. The van der Waals surface area contributed by atoms with Crippen molar-refractivity contribution in [2.75, 3.05) is 6.61 Å². The average Bonchev–Trinajstić information content (AvgIpc) is 2.29. The highest BCUT2D eigenvalue weighted by molar-refractivity contribution is 5.35. The molecule has 1 atom stereocenters. The van der Waals surface area contributed by atoms with Crippen LogP contribution in [0.2, 0.25) is 0 Å². The molecule has 0 bridgehead atoms. The fourth-order valence-corrected chi connectivity index (χ4v) is 1.37. The third-order valence-electron chi connectivity index (χ3n) is 2.33. The summed E-state index contributed by atoms with van der Waals surface area (Å²) in [4.78, 5) is 0. The molecule has 2 nitrogen and oxygen atoms in total. The number of allylic oxidation sites excluding steroid dienone is 1. The van der Waals surface area contributed by atoms with Gasteiger partial charge in [0.25, 0.3) is 0 Å². The molecule has 2 N–H and O–H groups in total. The molecule has 0 saturated carbocycles. The van der Waals surface area contributed by atoms with E-state index in [1.54, 1.807) is 0 Å². The van der Waals surface area contributed by atoms with Crippen molar-refractivity contribution in [2.45, 2.75) is 26.3 Å². The molecule has 15 heavy (non-hydrogen) atoms. The van der Waals surface area contributed by atoms with Crippen LogP contribution in [0.3, 0.4) is 0 Å². The quantitative estimate of drug-likeness (QED) is 0.750. The molecule has 0 aliphatic heterocycles. The van der Waals surface area contributed by atoms with Gasteiger partial charge in [-0.25, -0.2) is 0 Å². The largest absolute Gasteiger partial charge is 0.489 e. The lowest BCUT2D eigenvalue weighted by molar-refractivity contribution is 0.355. The second-order valence-electron chi connectivity index (χ2n) is 3.43. The van der Waals surface area contributed by atoms with Crippen LogP contribution in [-0.2, 0) is 0 Å². The number of hydrogen-bond acceptors (Lipinski definition) is 2. The molecule has 0 fully saturated rings. The van der Waals surface area contributed by atoms with Crippen molar-refractivity contribution in [3.05, 3.63) is 42.0 Å². The summed E-state index contributed by atoms with van der Waals surface area (Å²) in [6.07, 6.45) is 4.88. The van der Waals surface area contributed by atoms with Crippen molar-refractivity contribution < 1.29 is 4.74 Å². The van der Waals surface area contributed by atoms with Crippen LogP contribution >= 0.6 is 0 Å². The number of hydrogen-bond donors (Lipinski definition) is 1. The average molecular weight is 205 g/mol. The molecule has 0 heterocycles. The van der Waals surface area contributed by atoms with Gasteiger partial charge in [-0.05, 0) is 19.4 Å². The second kappa shape index (κ2) is 6.25. The Balaban J connectivity index is 2.76. The molecule has 0 saturated heterocycles. The third kappa shape index (κ3) is 3.40. The molecule has 1 rings (SSSR count). The topological polar surface area (TPSA) is 35.2 Å². The Kier molecular flexibility index (Phi) is 4.91. The van der Waals surface area contributed by atoms with Crippen molar-refractivity contribution in [1.29, 1.82) is 0 Å². The van der Waals surface area contributed by atoms with E-state index in [0.29, 0.717) is 6.61 Å². The van der Waals surface area contributed by atoms with Crippen LogP contribution < -0.4 is 10.5 Å². The molecule has 82 valence electrons. The maximum Gasteiger partial charge on any atom is 0.124 e. The highest BCUT2D eigenvalue weighted by atomic mass is 16.5. The standard InChI is InChI=1S/C13H19NO/c1-3-5-10-15-13-9-7-6-8-11(13)12(14)4-2/h3,5-9,12H,4,10,14H2,1-2H3/b5-3+. The smallest absolute Gasteiger partial charge is 0.124 e. The summed E-state index contributed by atoms with van der Waals surface area (Å²) in [5.41, 5.74) is 7.09. The molecule has 0 aliphatic carbocycles. The SMILES string of the molecule is C/C=C/COc1ccccc1C(N)CC. The molecule has 2 heteroatoms. The van der Waals surface area contributed by atoms with Crippen LogP contribution in [0.25, 0.3) is 0 Å². The van der Waals surface area contributed by atoms with Crippen LogP contribution in [0.15, 0.2) is 36.4 Å². The van der Waals surface area contributed by atoms with E-state index in [2.05, 4.69) is 6.92 Å². The number of para-hydroxylation sites is 1. The maximum atomic E-state index is 6.00. The lowest BCUT2D eigenvalue weighted by Gasteiger charge is -2.14. The predicted octanol–water partition coefficient (Wildman–Crippen LogP) is 3.05. The van der Waals surface area contributed by atoms with E-state index in [9.17, 15) is 0 Å². The van der Waals surface area contributed by atoms with Crippen molar-refractivity contribution in [3.8, 4) is 5.75 Å². The summed E-state index contributed by atoms with van der Waals surface area (Å²) < 4.78 is 5.63. The van der Waals surface area contributed by atoms with Gasteiger partial charge in [-0.1, -0.05) is 37.3 Å². The molecule has 1 aromatic carbocycles. The maximum absolute atomic E-state index is 6.00. The monoisotopic (exact) mass is 205 g/mol. The first-order valence-electron chi connectivity index (χ1n) is 5.38. The van der Waals surface area contributed by atoms with E-state index in [1.807, 2.05) is 43.3 Å². The molecule has 0 amide bonds. The minimum absolute atomic E-state index is 0.0619. The summed E-state index contributed by atoms with van der Waals surface area (Å²) in [6.45, 7) is 4.66. The van der Waals surface area contributed by atoms with Crippen molar-refractivity contribution >= 4 is 0 Å². The van der Waals surface area contributed by atoms with Crippen LogP contribution in [0.4, 0.5) is 0 Å². The van der Waals surface area contributed by atoms with Crippen molar-refractivity contribution in [2.24, 2.45) is 5.73 Å². The highest BCUT2D eigenvalue weighted by Crippen LogP contribution is 2.25. The van der Waals surface area contributed by atoms with Crippen LogP contribution in [0.5, 0.6) is 5.75 Å². The van der Waals surface area contributed by atoms with Gasteiger partial charge in [0, 0.05) is 11.6 Å². The molecular formula is C13H19NO. The lowest BCUT2D eigenvalue weighted by atomic mass is 10.0. The third-order valence-corrected chi connectivity index (χ3v) is 2.33. The Morgan fingerprint density at radius 3 is 2.80 bits per heavy atom. The molecule has 0 aliphatic rings. The fourth-order valence-electron chi connectivity index (χ4n) is 1.37. The minimum atomic E-state index is 0.0619. The van der Waals surface area contributed by atoms with Gasteiger partial charge < -0.3 is 10.5 Å².